The van der Waals surface area contributed by atoms with Crippen LogP contribution in [0.4, 0.5) is 18.9 Å². The Morgan fingerprint density at radius 3 is 2.79 bits per heavy atom. The average molecular weight is 292 g/mol. The zero-order chi connectivity index (χ0) is 14.0. The highest BCUT2D eigenvalue weighted by Crippen LogP contribution is 2.43. The zero-order valence-electron chi connectivity index (χ0n) is 10.4. The fraction of sp³-hybridized carbons (Fsp3) is 0.500. The third kappa shape index (κ3) is 3.48. The topological polar surface area (TPSA) is 38.5 Å². The molecule has 3 nitrogen and oxygen atoms in total. The van der Waals surface area contributed by atoms with Crippen LogP contribution in [0.25, 0.3) is 0 Å². The van der Waals surface area contributed by atoms with Crippen LogP contribution in [0, 0.1) is 0 Å². The minimum Gasteiger partial charge on any atom is -0.406 e. The Balaban J connectivity index is 2.17. The first-order valence-corrected chi connectivity index (χ1v) is 6.87. The molecule has 0 aliphatic carbocycles. The van der Waals surface area contributed by atoms with Crippen molar-refractivity contribution in [2.24, 2.45) is 5.73 Å². The highest BCUT2D eigenvalue weighted by molar-refractivity contribution is 8.00. The number of hydrogen-bond acceptors (Lipinski definition) is 4. The second-order valence-electron chi connectivity index (χ2n) is 4.23. The normalized spacial score (nSPS) is 18.6. The highest BCUT2D eigenvalue weighted by atomic mass is 32.2. The Labute approximate surface area is 113 Å². The van der Waals surface area contributed by atoms with E-state index < -0.39 is 6.36 Å². The fourth-order valence-corrected chi connectivity index (χ4v) is 3.03. The van der Waals surface area contributed by atoms with Gasteiger partial charge in [0.2, 0.25) is 0 Å². The summed E-state index contributed by atoms with van der Waals surface area (Å²) in [7, 11) is 0. The zero-order valence-corrected chi connectivity index (χ0v) is 11.2. The summed E-state index contributed by atoms with van der Waals surface area (Å²) in [6.07, 6.45) is -2.63. The summed E-state index contributed by atoms with van der Waals surface area (Å²) >= 11 is 1.35. The second kappa shape index (κ2) is 5.50. The Hall–Kier alpha value is -1.08. The molecule has 1 unspecified atom stereocenters. The van der Waals surface area contributed by atoms with Crippen molar-refractivity contribution in [2.75, 3.05) is 11.4 Å². The molecule has 7 heteroatoms. The maximum Gasteiger partial charge on any atom is 0.573 e. The summed E-state index contributed by atoms with van der Waals surface area (Å²) in [6.45, 7) is 2.88. The number of halogens is 3. The molecule has 106 valence electrons. The first-order chi connectivity index (χ1) is 8.90. The quantitative estimate of drug-likeness (QED) is 0.921. The van der Waals surface area contributed by atoms with Crippen LogP contribution < -0.4 is 15.4 Å². The minimum absolute atomic E-state index is 0.205. The molecular weight excluding hydrogens is 277 g/mol. The molecule has 2 rings (SSSR count). The van der Waals surface area contributed by atoms with Crippen molar-refractivity contribution in [3.8, 4) is 5.75 Å². The number of nitrogens with zero attached hydrogens (tertiary/aromatic N) is 1. The molecular formula is C12H15F3N2OS. The Morgan fingerprint density at radius 1 is 1.42 bits per heavy atom. The molecule has 1 aromatic rings. The van der Waals surface area contributed by atoms with Gasteiger partial charge in [0.1, 0.15) is 11.2 Å². The lowest BCUT2D eigenvalue weighted by atomic mass is 10.2. The van der Waals surface area contributed by atoms with Gasteiger partial charge in [0, 0.05) is 11.4 Å². The van der Waals surface area contributed by atoms with E-state index in [0.29, 0.717) is 0 Å². The standard InChI is InChI=1S/C12H15F3N2OS/c1-2-3-6-17-9-5-4-8(18-12(13,14)15)7-10(9)19-11(17)16/h4-5,7,11H,2-3,6,16H2,1H3. The molecule has 0 saturated carbocycles. The number of thioether (sulfide) groups is 1. The van der Waals surface area contributed by atoms with Crippen molar-refractivity contribution < 1.29 is 17.9 Å². The Kier molecular flexibility index (Phi) is 4.15. The number of benzene rings is 1. The molecule has 0 bridgehead atoms. The number of unbranched alkanes of at least 4 members (excludes halogenated alkanes) is 1. The summed E-state index contributed by atoms with van der Waals surface area (Å²) in [5.41, 5.74) is 6.60. The average Bonchev–Trinajstić information content (AvgIpc) is 2.59. The van der Waals surface area contributed by atoms with Crippen molar-refractivity contribution in [3.05, 3.63) is 18.2 Å². The first-order valence-electron chi connectivity index (χ1n) is 5.99. The second-order valence-corrected chi connectivity index (χ2v) is 5.39. The molecule has 1 aromatic carbocycles. The number of alkyl halides is 3. The van der Waals surface area contributed by atoms with Crippen LogP contribution in [-0.4, -0.2) is 18.4 Å². The number of nitrogens with two attached hydrogens (primary N) is 1. The molecule has 1 heterocycles. The van der Waals surface area contributed by atoms with Gasteiger partial charge in [0.25, 0.3) is 0 Å². The number of anilines is 1. The van der Waals surface area contributed by atoms with Gasteiger partial charge in [0.15, 0.2) is 0 Å². The SMILES string of the molecule is CCCCN1c2ccc(OC(F)(F)F)cc2SC1N. The van der Waals surface area contributed by atoms with E-state index in [9.17, 15) is 13.2 Å². The van der Waals surface area contributed by atoms with E-state index in [1.807, 2.05) is 4.90 Å². The maximum atomic E-state index is 12.1. The lowest BCUT2D eigenvalue weighted by Crippen LogP contribution is -2.36. The van der Waals surface area contributed by atoms with E-state index in [2.05, 4.69) is 11.7 Å². The summed E-state index contributed by atoms with van der Waals surface area (Å²) < 4.78 is 40.4. The van der Waals surface area contributed by atoms with Crippen molar-refractivity contribution in [2.45, 2.75) is 36.5 Å². The van der Waals surface area contributed by atoms with E-state index >= 15 is 0 Å². The molecule has 19 heavy (non-hydrogen) atoms. The van der Waals surface area contributed by atoms with Gasteiger partial charge in [-0.15, -0.1) is 13.2 Å². The summed E-state index contributed by atoms with van der Waals surface area (Å²) in [6, 6.07) is 4.34. The third-order valence-electron chi connectivity index (χ3n) is 2.78. The largest absolute Gasteiger partial charge is 0.573 e. The van der Waals surface area contributed by atoms with Crippen molar-refractivity contribution in [1.29, 1.82) is 0 Å². The van der Waals surface area contributed by atoms with Crippen LogP contribution in [0.1, 0.15) is 19.8 Å². The van der Waals surface area contributed by atoms with Gasteiger partial charge in [-0.05, 0) is 24.6 Å². The van der Waals surface area contributed by atoms with Crippen LogP contribution in [0.3, 0.4) is 0 Å². The van der Waals surface area contributed by atoms with Crippen molar-refractivity contribution in [1.82, 2.24) is 0 Å². The maximum absolute atomic E-state index is 12.1. The molecule has 1 aliphatic rings. The van der Waals surface area contributed by atoms with Crippen molar-refractivity contribution in [3.63, 3.8) is 0 Å². The molecule has 0 amide bonds. The van der Waals surface area contributed by atoms with E-state index in [4.69, 9.17) is 5.73 Å². The minimum atomic E-state index is -4.67. The predicted octanol–water partition coefficient (Wildman–Crippen LogP) is 3.54. The molecule has 1 aliphatic heterocycles. The van der Waals surface area contributed by atoms with E-state index in [1.165, 1.54) is 23.9 Å². The van der Waals surface area contributed by atoms with E-state index in [-0.39, 0.29) is 11.2 Å². The highest BCUT2D eigenvalue weighted by Gasteiger charge is 2.33. The summed E-state index contributed by atoms with van der Waals surface area (Å²) in [4.78, 5) is 2.73. The van der Waals surface area contributed by atoms with Crippen LogP contribution in [0.2, 0.25) is 0 Å². The predicted molar refractivity (Wildman–Crippen MR) is 69.2 cm³/mol. The smallest absolute Gasteiger partial charge is 0.406 e. The monoisotopic (exact) mass is 292 g/mol. The molecule has 0 saturated heterocycles. The molecule has 1 atom stereocenters. The first kappa shape index (κ1) is 14.3. The van der Waals surface area contributed by atoms with Gasteiger partial charge in [-0.3, -0.25) is 0 Å². The molecule has 2 N–H and O–H groups in total. The fourth-order valence-electron chi connectivity index (χ4n) is 1.93. The number of hydrogen-bond donors (Lipinski definition) is 1. The lowest BCUT2D eigenvalue weighted by Gasteiger charge is -2.23. The third-order valence-corrected chi connectivity index (χ3v) is 3.86. The van der Waals surface area contributed by atoms with Gasteiger partial charge in [-0.25, -0.2) is 0 Å². The van der Waals surface area contributed by atoms with Crippen LogP contribution >= 0.6 is 11.8 Å². The van der Waals surface area contributed by atoms with Crippen LogP contribution in [0.15, 0.2) is 23.1 Å². The number of ether oxygens (including phenoxy) is 1. The molecule has 0 fully saturated rings. The van der Waals surface area contributed by atoms with E-state index in [1.54, 1.807) is 6.07 Å². The molecule has 0 spiro atoms. The van der Waals surface area contributed by atoms with Crippen LogP contribution in [-0.2, 0) is 0 Å². The van der Waals surface area contributed by atoms with Gasteiger partial charge in [-0.1, -0.05) is 25.1 Å². The van der Waals surface area contributed by atoms with Gasteiger partial charge in [-0.2, -0.15) is 0 Å². The number of rotatable bonds is 4. The van der Waals surface area contributed by atoms with Crippen LogP contribution in [0.5, 0.6) is 5.75 Å². The van der Waals surface area contributed by atoms with Crippen molar-refractivity contribution >= 4 is 17.4 Å². The molecule has 0 aromatic heterocycles. The van der Waals surface area contributed by atoms with Gasteiger partial charge in [0.05, 0.1) is 5.69 Å². The number of fused-ring (bicyclic) bond motifs is 1. The molecule has 0 radical (unpaired) electrons. The Bertz CT molecular complexity index is 453. The van der Waals surface area contributed by atoms with Gasteiger partial charge < -0.3 is 15.4 Å². The summed E-state index contributed by atoms with van der Waals surface area (Å²) in [5, 5.41) is 0. The summed E-state index contributed by atoms with van der Waals surface area (Å²) in [5.74, 6) is -0.205. The lowest BCUT2D eigenvalue weighted by molar-refractivity contribution is -0.274. The van der Waals surface area contributed by atoms with Gasteiger partial charge >= 0.3 is 6.36 Å². The Morgan fingerprint density at radius 2 is 2.16 bits per heavy atom. The van der Waals surface area contributed by atoms with E-state index in [0.717, 1.165) is 30.0 Å².